The number of hydrogen-bond donors (Lipinski definition) is 4. The Morgan fingerprint density at radius 2 is 1.82 bits per heavy atom. The van der Waals surface area contributed by atoms with Gasteiger partial charge in [-0.2, -0.15) is 0 Å². The van der Waals surface area contributed by atoms with Crippen molar-refractivity contribution in [1.29, 1.82) is 0 Å². The molecule has 158 valence electrons. The van der Waals surface area contributed by atoms with Gasteiger partial charge < -0.3 is 21.1 Å². The van der Waals surface area contributed by atoms with Crippen molar-refractivity contribution < 1.29 is 9.90 Å². The van der Waals surface area contributed by atoms with Gasteiger partial charge in [-0.05, 0) is 37.2 Å². The lowest BCUT2D eigenvalue weighted by atomic mass is 9.72. The highest BCUT2D eigenvalue weighted by molar-refractivity contribution is 14.0. The minimum atomic E-state index is -0.0983. The summed E-state index contributed by atoms with van der Waals surface area (Å²) in [5, 5.41) is 19.0. The van der Waals surface area contributed by atoms with Crippen LogP contribution >= 0.6 is 24.0 Å². The molecule has 1 aromatic carbocycles. The molecule has 7 heteroatoms. The molecular formula is C21H35IN4O2. The second-order valence-electron chi connectivity index (χ2n) is 7.35. The Morgan fingerprint density at radius 3 is 2.46 bits per heavy atom. The quantitative estimate of drug-likeness (QED) is 0.238. The van der Waals surface area contributed by atoms with E-state index in [9.17, 15) is 9.90 Å². The first-order chi connectivity index (χ1) is 13.2. The SMILES string of the molecule is CCNC(=NCC(=O)NCc1ccccc1)NCC1(CCO)CCCCC1.I. The molecule has 0 heterocycles. The maximum absolute atomic E-state index is 12.1. The summed E-state index contributed by atoms with van der Waals surface area (Å²) in [6.45, 7) is 4.36. The Morgan fingerprint density at radius 1 is 1.11 bits per heavy atom. The predicted octanol–water partition coefficient (Wildman–Crippen LogP) is 2.81. The number of halogens is 1. The molecule has 2 rings (SSSR count). The average Bonchev–Trinajstić information content (AvgIpc) is 2.70. The van der Waals surface area contributed by atoms with Crippen LogP contribution < -0.4 is 16.0 Å². The summed E-state index contributed by atoms with van der Waals surface area (Å²) < 4.78 is 0. The number of guanidine groups is 1. The monoisotopic (exact) mass is 502 g/mol. The third-order valence-electron chi connectivity index (χ3n) is 5.24. The number of rotatable bonds is 9. The summed E-state index contributed by atoms with van der Waals surface area (Å²) in [7, 11) is 0. The van der Waals surface area contributed by atoms with Crippen molar-refractivity contribution in [3.05, 3.63) is 35.9 Å². The standard InChI is InChI=1S/C21H34N4O2.HI/c1-2-22-20(25-17-21(13-14-26)11-7-4-8-12-21)24-16-19(27)23-15-18-9-5-3-6-10-18;/h3,5-6,9-10,26H,2,4,7-8,11-17H2,1H3,(H,23,27)(H2,22,24,25);1H. The fourth-order valence-electron chi connectivity index (χ4n) is 3.67. The van der Waals surface area contributed by atoms with Crippen molar-refractivity contribution in [2.75, 3.05) is 26.2 Å². The summed E-state index contributed by atoms with van der Waals surface area (Å²) in [6, 6.07) is 9.85. The molecule has 4 N–H and O–H groups in total. The largest absolute Gasteiger partial charge is 0.396 e. The first-order valence-corrected chi connectivity index (χ1v) is 10.1. The molecule has 1 aliphatic rings. The van der Waals surface area contributed by atoms with Crippen molar-refractivity contribution in [3.8, 4) is 0 Å². The first-order valence-electron chi connectivity index (χ1n) is 10.1. The maximum Gasteiger partial charge on any atom is 0.242 e. The molecular weight excluding hydrogens is 467 g/mol. The van der Waals surface area contributed by atoms with Crippen LogP contribution in [-0.4, -0.2) is 43.2 Å². The van der Waals surface area contributed by atoms with Gasteiger partial charge in [-0.1, -0.05) is 49.6 Å². The lowest BCUT2D eigenvalue weighted by Gasteiger charge is -2.37. The Kier molecular flexibility index (Phi) is 12.1. The Hall–Kier alpha value is -1.35. The number of benzene rings is 1. The van der Waals surface area contributed by atoms with Crippen LogP contribution in [0.4, 0.5) is 0 Å². The molecule has 1 amide bonds. The molecule has 0 atom stereocenters. The summed E-state index contributed by atoms with van der Waals surface area (Å²) in [5.74, 6) is 0.564. The predicted molar refractivity (Wildman–Crippen MR) is 125 cm³/mol. The number of aliphatic hydroxyl groups excluding tert-OH is 1. The Labute approximate surface area is 186 Å². The second kappa shape index (κ2) is 13.8. The van der Waals surface area contributed by atoms with Crippen molar-refractivity contribution in [2.45, 2.75) is 52.0 Å². The molecule has 1 aromatic rings. The lowest BCUT2D eigenvalue weighted by molar-refractivity contribution is -0.119. The number of aliphatic imine (C=N–C) groups is 1. The molecule has 0 spiro atoms. The van der Waals surface area contributed by atoms with Gasteiger partial charge in [0.25, 0.3) is 0 Å². The zero-order valence-electron chi connectivity index (χ0n) is 16.9. The average molecular weight is 502 g/mol. The third kappa shape index (κ3) is 8.77. The number of amides is 1. The molecule has 0 unspecified atom stereocenters. The molecule has 0 aromatic heterocycles. The van der Waals surface area contributed by atoms with E-state index in [1.54, 1.807) is 0 Å². The van der Waals surface area contributed by atoms with E-state index >= 15 is 0 Å². The van der Waals surface area contributed by atoms with Gasteiger partial charge in [-0.15, -0.1) is 24.0 Å². The zero-order valence-corrected chi connectivity index (χ0v) is 19.2. The van der Waals surface area contributed by atoms with Gasteiger partial charge in [-0.25, -0.2) is 4.99 Å². The molecule has 0 aliphatic heterocycles. The van der Waals surface area contributed by atoms with Gasteiger partial charge in [0.05, 0.1) is 0 Å². The van der Waals surface area contributed by atoms with Crippen molar-refractivity contribution in [2.24, 2.45) is 10.4 Å². The van der Waals surface area contributed by atoms with Crippen LogP contribution in [0.5, 0.6) is 0 Å². The molecule has 6 nitrogen and oxygen atoms in total. The first kappa shape index (κ1) is 24.7. The molecule has 0 bridgehead atoms. The van der Waals surface area contributed by atoms with Crippen LogP contribution in [0.3, 0.4) is 0 Å². The van der Waals surface area contributed by atoms with Gasteiger partial charge in [0.15, 0.2) is 5.96 Å². The summed E-state index contributed by atoms with van der Waals surface area (Å²) in [6.07, 6.45) is 6.81. The molecule has 28 heavy (non-hydrogen) atoms. The van der Waals surface area contributed by atoms with Crippen LogP contribution in [0.2, 0.25) is 0 Å². The fourth-order valence-corrected chi connectivity index (χ4v) is 3.67. The number of carbonyl (C=O) groups excluding carboxylic acids is 1. The van der Waals surface area contributed by atoms with E-state index in [-0.39, 0.29) is 48.5 Å². The number of nitrogens with one attached hydrogen (secondary N) is 3. The van der Waals surface area contributed by atoms with Gasteiger partial charge in [0.2, 0.25) is 5.91 Å². The fraction of sp³-hybridized carbons (Fsp3) is 0.619. The highest BCUT2D eigenvalue weighted by Crippen LogP contribution is 2.38. The Balaban J connectivity index is 0.00000392. The lowest BCUT2D eigenvalue weighted by Crippen LogP contribution is -2.45. The van der Waals surface area contributed by atoms with Crippen molar-refractivity contribution in [3.63, 3.8) is 0 Å². The van der Waals surface area contributed by atoms with Crippen LogP contribution in [-0.2, 0) is 11.3 Å². The van der Waals surface area contributed by atoms with E-state index in [4.69, 9.17) is 0 Å². The molecule has 1 aliphatic carbocycles. The van der Waals surface area contributed by atoms with Crippen molar-refractivity contribution in [1.82, 2.24) is 16.0 Å². The highest BCUT2D eigenvalue weighted by Gasteiger charge is 2.31. The maximum atomic E-state index is 12.1. The van der Waals surface area contributed by atoms with E-state index in [1.165, 1.54) is 19.3 Å². The van der Waals surface area contributed by atoms with Gasteiger partial charge in [0.1, 0.15) is 6.54 Å². The van der Waals surface area contributed by atoms with Gasteiger partial charge in [0, 0.05) is 26.2 Å². The summed E-state index contributed by atoms with van der Waals surface area (Å²) in [4.78, 5) is 16.5. The Bertz CT molecular complexity index is 584. The number of aliphatic hydroxyl groups is 1. The van der Waals surface area contributed by atoms with Gasteiger partial charge in [-0.3, -0.25) is 4.79 Å². The topological polar surface area (TPSA) is 85.8 Å². The third-order valence-corrected chi connectivity index (χ3v) is 5.24. The summed E-state index contributed by atoms with van der Waals surface area (Å²) >= 11 is 0. The second-order valence-corrected chi connectivity index (χ2v) is 7.35. The minimum absolute atomic E-state index is 0. The minimum Gasteiger partial charge on any atom is -0.396 e. The van der Waals surface area contributed by atoms with Crippen LogP contribution in [0.1, 0.15) is 51.0 Å². The van der Waals surface area contributed by atoms with Crippen molar-refractivity contribution >= 4 is 35.8 Å². The van der Waals surface area contributed by atoms with Crippen LogP contribution in [0.15, 0.2) is 35.3 Å². The van der Waals surface area contributed by atoms with Crippen LogP contribution in [0, 0.1) is 5.41 Å². The number of nitrogens with zero attached hydrogens (tertiary/aromatic N) is 1. The smallest absolute Gasteiger partial charge is 0.242 e. The number of carbonyl (C=O) groups is 1. The van der Waals surface area contributed by atoms with Gasteiger partial charge >= 0.3 is 0 Å². The normalized spacial score (nSPS) is 16.0. The molecule has 0 saturated heterocycles. The highest BCUT2D eigenvalue weighted by atomic mass is 127. The van der Waals surface area contributed by atoms with E-state index < -0.39 is 0 Å². The molecule has 1 fully saturated rings. The van der Waals surface area contributed by atoms with Crippen LogP contribution in [0.25, 0.3) is 0 Å². The van der Waals surface area contributed by atoms with E-state index in [2.05, 4.69) is 20.9 Å². The zero-order chi connectivity index (χ0) is 19.4. The number of hydrogen-bond acceptors (Lipinski definition) is 3. The van der Waals surface area contributed by atoms with E-state index in [1.807, 2.05) is 37.3 Å². The molecule has 1 saturated carbocycles. The molecule has 0 radical (unpaired) electrons. The van der Waals surface area contributed by atoms with E-state index in [0.29, 0.717) is 12.5 Å². The van der Waals surface area contributed by atoms with E-state index in [0.717, 1.165) is 37.9 Å². The summed E-state index contributed by atoms with van der Waals surface area (Å²) in [5.41, 5.74) is 1.21.